The third-order valence-electron chi connectivity index (χ3n) is 3.40. The van der Waals surface area contributed by atoms with E-state index in [9.17, 15) is 4.79 Å². The monoisotopic (exact) mass is 393 g/mol. The van der Waals surface area contributed by atoms with Gasteiger partial charge in [-0.05, 0) is 53.4 Å². The number of thiophene rings is 1. The van der Waals surface area contributed by atoms with Crippen LogP contribution in [-0.4, -0.2) is 37.9 Å². The molecule has 9 heteroatoms. The molecule has 1 atom stereocenters. The van der Waals surface area contributed by atoms with Crippen LogP contribution in [0.3, 0.4) is 0 Å². The van der Waals surface area contributed by atoms with Gasteiger partial charge < -0.3 is 5.32 Å². The summed E-state index contributed by atoms with van der Waals surface area (Å²) in [4.78, 5) is 13.5. The molecule has 2 heterocycles. The number of tetrazole rings is 1. The van der Waals surface area contributed by atoms with Gasteiger partial charge in [0.1, 0.15) is 0 Å². The van der Waals surface area contributed by atoms with E-state index in [1.807, 2.05) is 30.5 Å². The number of amides is 1. The van der Waals surface area contributed by atoms with Crippen LogP contribution in [0.1, 0.15) is 11.8 Å². The number of aromatic nitrogens is 4. The molecule has 3 rings (SSSR count). The zero-order valence-corrected chi connectivity index (χ0v) is 15.8. The highest BCUT2D eigenvalue weighted by atomic mass is 35.5. The zero-order chi connectivity index (χ0) is 17.6. The van der Waals surface area contributed by atoms with E-state index in [4.69, 9.17) is 11.6 Å². The van der Waals surface area contributed by atoms with Gasteiger partial charge in [0.15, 0.2) is 0 Å². The summed E-state index contributed by atoms with van der Waals surface area (Å²) >= 11 is 9.02. The molecule has 1 amide bonds. The second kappa shape index (κ2) is 8.46. The Kier molecular flexibility index (Phi) is 6.06. The van der Waals surface area contributed by atoms with Crippen molar-refractivity contribution in [3.63, 3.8) is 0 Å². The van der Waals surface area contributed by atoms with Crippen LogP contribution in [0, 0.1) is 0 Å². The fourth-order valence-electron chi connectivity index (χ4n) is 2.14. The van der Waals surface area contributed by atoms with E-state index in [1.54, 1.807) is 28.2 Å². The lowest BCUT2D eigenvalue weighted by molar-refractivity contribution is -0.120. The summed E-state index contributed by atoms with van der Waals surface area (Å²) in [5.41, 5.74) is 0.755. The molecular weight excluding hydrogens is 378 g/mol. The van der Waals surface area contributed by atoms with E-state index in [0.717, 1.165) is 12.1 Å². The van der Waals surface area contributed by atoms with E-state index < -0.39 is 0 Å². The van der Waals surface area contributed by atoms with Crippen LogP contribution in [0.5, 0.6) is 0 Å². The van der Waals surface area contributed by atoms with Gasteiger partial charge in [0, 0.05) is 16.4 Å². The number of hydrogen-bond donors (Lipinski definition) is 1. The number of carbonyl (C=O) groups excluding carboxylic acids is 1. The van der Waals surface area contributed by atoms with Gasteiger partial charge in [0.2, 0.25) is 11.1 Å². The molecule has 1 N–H and O–H groups in total. The standard InChI is InChI=1S/C16H16ClN5OS2/c1-11(15(23)18-8-7-14-6-3-9-24-14)25-16-19-20-21-22(16)13-5-2-4-12(17)10-13/h2-6,9-11H,7-8H2,1H3,(H,18,23)/t11-/m0/s1. The van der Waals surface area contributed by atoms with Crippen molar-refractivity contribution in [3.05, 3.63) is 51.7 Å². The molecule has 1 aromatic carbocycles. The molecule has 25 heavy (non-hydrogen) atoms. The maximum atomic E-state index is 12.3. The Morgan fingerprint density at radius 3 is 3.04 bits per heavy atom. The van der Waals surface area contributed by atoms with Crippen LogP contribution in [-0.2, 0) is 11.2 Å². The van der Waals surface area contributed by atoms with E-state index in [0.29, 0.717) is 16.7 Å². The fraction of sp³-hybridized carbons (Fsp3) is 0.250. The summed E-state index contributed by atoms with van der Waals surface area (Å²) in [5.74, 6) is -0.0396. The van der Waals surface area contributed by atoms with Crippen LogP contribution in [0.25, 0.3) is 5.69 Å². The van der Waals surface area contributed by atoms with Crippen molar-refractivity contribution in [1.29, 1.82) is 0 Å². The Balaban J connectivity index is 1.58. The van der Waals surface area contributed by atoms with Crippen molar-refractivity contribution in [3.8, 4) is 5.69 Å². The Morgan fingerprint density at radius 2 is 2.28 bits per heavy atom. The van der Waals surface area contributed by atoms with Crippen molar-refractivity contribution < 1.29 is 4.79 Å². The van der Waals surface area contributed by atoms with E-state index in [1.165, 1.54) is 16.6 Å². The second-order valence-corrected chi connectivity index (χ2v) is 8.01. The Hall–Kier alpha value is -1.90. The lowest BCUT2D eigenvalue weighted by Crippen LogP contribution is -2.32. The largest absolute Gasteiger partial charge is 0.355 e. The lowest BCUT2D eigenvalue weighted by atomic mass is 10.3. The first kappa shape index (κ1) is 17.9. The summed E-state index contributed by atoms with van der Waals surface area (Å²) in [6.45, 7) is 2.45. The summed E-state index contributed by atoms with van der Waals surface area (Å²) in [7, 11) is 0. The van der Waals surface area contributed by atoms with Gasteiger partial charge in [-0.15, -0.1) is 16.4 Å². The average Bonchev–Trinajstić information content (AvgIpc) is 3.26. The number of rotatable bonds is 7. The number of thioether (sulfide) groups is 1. The predicted octanol–water partition coefficient (Wildman–Crippen LogP) is 3.22. The van der Waals surface area contributed by atoms with Gasteiger partial charge in [-0.25, -0.2) is 0 Å². The molecule has 0 bridgehead atoms. The normalized spacial score (nSPS) is 12.1. The molecule has 0 saturated heterocycles. The highest BCUT2D eigenvalue weighted by Crippen LogP contribution is 2.24. The summed E-state index contributed by atoms with van der Waals surface area (Å²) in [6.07, 6.45) is 0.834. The molecule has 0 unspecified atom stereocenters. The SMILES string of the molecule is C[C@H](Sc1nnnn1-c1cccc(Cl)c1)C(=O)NCCc1cccs1. The first-order chi connectivity index (χ1) is 12.1. The van der Waals surface area contributed by atoms with E-state index in [2.05, 4.69) is 26.9 Å². The minimum atomic E-state index is -0.313. The lowest BCUT2D eigenvalue weighted by Gasteiger charge is -2.11. The van der Waals surface area contributed by atoms with Crippen molar-refractivity contribution in [2.24, 2.45) is 0 Å². The summed E-state index contributed by atoms with van der Waals surface area (Å²) < 4.78 is 1.58. The Morgan fingerprint density at radius 1 is 1.40 bits per heavy atom. The number of carbonyl (C=O) groups is 1. The van der Waals surface area contributed by atoms with E-state index >= 15 is 0 Å². The average molecular weight is 394 g/mol. The number of benzene rings is 1. The summed E-state index contributed by atoms with van der Waals surface area (Å²) in [5, 5.41) is 17.5. The van der Waals surface area contributed by atoms with Gasteiger partial charge in [-0.2, -0.15) is 4.68 Å². The van der Waals surface area contributed by atoms with Crippen LogP contribution < -0.4 is 5.32 Å². The van der Waals surface area contributed by atoms with Crippen molar-refractivity contribution in [1.82, 2.24) is 25.5 Å². The van der Waals surface area contributed by atoms with Gasteiger partial charge in [0.25, 0.3) is 0 Å². The molecule has 0 aliphatic heterocycles. The van der Waals surface area contributed by atoms with Gasteiger partial charge in [0.05, 0.1) is 10.9 Å². The quantitative estimate of drug-likeness (QED) is 0.624. The van der Waals surface area contributed by atoms with Crippen LogP contribution in [0.2, 0.25) is 5.02 Å². The maximum absolute atomic E-state index is 12.3. The molecule has 0 aliphatic carbocycles. The third kappa shape index (κ3) is 4.81. The number of nitrogens with zero attached hydrogens (tertiary/aromatic N) is 4. The first-order valence-electron chi connectivity index (χ1n) is 7.64. The molecule has 6 nitrogen and oxygen atoms in total. The molecular formula is C16H16ClN5OS2. The minimum Gasteiger partial charge on any atom is -0.355 e. The van der Waals surface area contributed by atoms with Crippen LogP contribution in [0.4, 0.5) is 0 Å². The van der Waals surface area contributed by atoms with Gasteiger partial charge in [-0.3, -0.25) is 4.79 Å². The van der Waals surface area contributed by atoms with Crippen molar-refractivity contribution >= 4 is 40.6 Å². The summed E-state index contributed by atoms with van der Waals surface area (Å²) in [6, 6.07) is 11.3. The highest BCUT2D eigenvalue weighted by molar-refractivity contribution is 8.00. The molecule has 0 radical (unpaired) electrons. The van der Waals surface area contributed by atoms with Crippen molar-refractivity contribution in [2.75, 3.05) is 6.54 Å². The maximum Gasteiger partial charge on any atom is 0.233 e. The molecule has 0 saturated carbocycles. The molecule has 0 spiro atoms. The molecule has 3 aromatic rings. The highest BCUT2D eigenvalue weighted by Gasteiger charge is 2.19. The Labute approximate surface area is 158 Å². The van der Waals surface area contributed by atoms with Crippen LogP contribution >= 0.6 is 34.7 Å². The second-order valence-electron chi connectivity index (χ2n) is 5.23. The first-order valence-corrected chi connectivity index (χ1v) is 9.78. The van der Waals surface area contributed by atoms with Gasteiger partial charge in [-0.1, -0.05) is 35.5 Å². The van der Waals surface area contributed by atoms with E-state index in [-0.39, 0.29) is 11.2 Å². The van der Waals surface area contributed by atoms with Gasteiger partial charge >= 0.3 is 0 Å². The Bertz CT molecular complexity index is 837. The molecule has 0 aliphatic rings. The number of nitrogens with one attached hydrogen (secondary N) is 1. The molecule has 130 valence electrons. The topological polar surface area (TPSA) is 72.7 Å². The zero-order valence-electron chi connectivity index (χ0n) is 13.4. The van der Waals surface area contributed by atoms with Crippen LogP contribution in [0.15, 0.2) is 46.9 Å². The number of halogens is 1. The van der Waals surface area contributed by atoms with Crippen molar-refractivity contribution in [2.45, 2.75) is 23.8 Å². The number of hydrogen-bond acceptors (Lipinski definition) is 6. The minimum absolute atomic E-state index is 0.0396. The molecule has 0 fully saturated rings. The fourth-order valence-corrected chi connectivity index (χ4v) is 3.87. The third-order valence-corrected chi connectivity index (χ3v) is 5.60. The molecule has 2 aromatic heterocycles. The smallest absolute Gasteiger partial charge is 0.233 e. The predicted molar refractivity (Wildman–Crippen MR) is 101 cm³/mol.